The fourth-order valence-electron chi connectivity index (χ4n) is 0.705. The summed E-state index contributed by atoms with van der Waals surface area (Å²) in [5.74, 6) is 0.792. The van der Waals surface area contributed by atoms with Crippen LogP contribution in [0.15, 0.2) is 0 Å². The number of hydrogen-bond donors (Lipinski definition) is 0. The Labute approximate surface area is 52.2 Å². The van der Waals surface area contributed by atoms with Gasteiger partial charge >= 0.3 is 0 Å². The highest BCUT2D eigenvalue weighted by molar-refractivity contribution is 9.09. The monoisotopic (exact) mass is 164 g/mol. The first-order chi connectivity index (χ1) is 3.43. The van der Waals surface area contributed by atoms with Gasteiger partial charge < -0.3 is 4.74 Å². The maximum Gasteiger partial charge on any atom is 0.0503 e. The highest BCUT2D eigenvalue weighted by Crippen LogP contribution is 2.13. The topological polar surface area (TPSA) is 9.23 Å². The third kappa shape index (κ3) is 1.42. The van der Waals surface area contributed by atoms with E-state index in [1.165, 1.54) is 6.42 Å². The van der Waals surface area contributed by atoms with Gasteiger partial charge in [0.15, 0.2) is 0 Å². The number of rotatable bonds is 1. The Hall–Kier alpha value is 0.440. The van der Waals surface area contributed by atoms with Crippen LogP contribution >= 0.6 is 15.9 Å². The van der Waals surface area contributed by atoms with Crippen molar-refractivity contribution in [2.24, 2.45) is 5.92 Å². The Bertz CT molecular complexity index is 50.0. The quantitative estimate of drug-likeness (QED) is 0.534. The summed E-state index contributed by atoms with van der Waals surface area (Å²) in [6, 6.07) is 0. The third-order valence-corrected chi connectivity index (χ3v) is 2.16. The largest absolute Gasteiger partial charge is 0.381 e. The zero-order chi connectivity index (χ0) is 5.11. The van der Waals surface area contributed by atoms with Gasteiger partial charge in [0, 0.05) is 11.9 Å². The van der Waals surface area contributed by atoms with E-state index in [2.05, 4.69) is 15.9 Å². The highest BCUT2D eigenvalue weighted by Gasteiger charge is 2.12. The summed E-state index contributed by atoms with van der Waals surface area (Å²) in [5.41, 5.74) is 0. The SMILES string of the molecule is BrC[C@@H]1CCOC1. The summed E-state index contributed by atoms with van der Waals surface area (Å²) in [6.07, 6.45) is 1.24. The van der Waals surface area contributed by atoms with Crippen LogP contribution in [0.5, 0.6) is 0 Å². The number of hydrogen-bond acceptors (Lipinski definition) is 1. The summed E-state index contributed by atoms with van der Waals surface area (Å²) >= 11 is 3.40. The first-order valence-corrected chi connectivity index (χ1v) is 3.69. The molecule has 0 radical (unpaired) electrons. The molecule has 1 heterocycles. The van der Waals surface area contributed by atoms with Gasteiger partial charge in [-0.3, -0.25) is 0 Å². The van der Waals surface area contributed by atoms with E-state index in [0.29, 0.717) is 0 Å². The van der Waals surface area contributed by atoms with Crippen molar-refractivity contribution < 1.29 is 4.74 Å². The molecular formula is C5H9BrO. The Morgan fingerprint density at radius 1 is 1.71 bits per heavy atom. The molecule has 42 valence electrons. The lowest BCUT2D eigenvalue weighted by atomic mass is 10.2. The Balaban J connectivity index is 2.14. The van der Waals surface area contributed by atoms with E-state index in [0.717, 1.165) is 24.5 Å². The third-order valence-electron chi connectivity index (χ3n) is 1.24. The van der Waals surface area contributed by atoms with Gasteiger partial charge in [-0.2, -0.15) is 0 Å². The van der Waals surface area contributed by atoms with Crippen LogP contribution < -0.4 is 0 Å². The van der Waals surface area contributed by atoms with E-state index < -0.39 is 0 Å². The zero-order valence-corrected chi connectivity index (χ0v) is 5.78. The van der Waals surface area contributed by atoms with Crippen LogP contribution in [0.25, 0.3) is 0 Å². The maximum absolute atomic E-state index is 5.12. The van der Waals surface area contributed by atoms with Crippen molar-refractivity contribution in [3.05, 3.63) is 0 Å². The molecule has 1 aliphatic heterocycles. The normalized spacial score (nSPS) is 31.3. The predicted molar refractivity (Wildman–Crippen MR) is 32.7 cm³/mol. The summed E-state index contributed by atoms with van der Waals surface area (Å²) in [7, 11) is 0. The van der Waals surface area contributed by atoms with Crippen LogP contribution in [-0.2, 0) is 4.74 Å². The van der Waals surface area contributed by atoms with E-state index in [1.54, 1.807) is 0 Å². The Morgan fingerprint density at radius 2 is 2.57 bits per heavy atom. The van der Waals surface area contributed by atoms with Gasteiger partial charge in [0.1, 0.15) is 0 Å². The highest BCUT2D eigenvalue weighted by atomic mass is 79.9. The lowest BCUT2D eigenvalue weighted by Crippen LogP contribution is -1.98. The second kappa shape index (κ2) is 2.68. The maximum atomic E-state index is 5.12. The summed E-state index contributed by atoms with van der Waals surface area (Å²) in [6.45, 7) is 1.93. The van der Waals surface area contributed by atoms with Crippen LogP contribution in [0, 0.1) is 5.92 Å². The van der Waals surface area contributed by atoms with Gasteiger partial charge in [0.25, 0.3) is 0 Å². The molecule has 0 aliphatic carbocycles. The van der Waals surface area contributed by atoms with E-state index in [4.69, 9.17) is 4.74 Å². The molecule has 0 aromatic rings. The lowest BCUT2D eigenvalue weighted by molar-refractivity contribution is 0.189. The minimum absolute atomic E-state index is 0.792. The van der Waals surface area contributed by atoms with Crippen LogP contribution in [0.3, 0.4) is 0 Å². The molecule has 0 amide bonds. The van der Waals surface area contributed by atoms with Gasteiger partial charge in [-0.25, -0.2) is 0 Å². The average molecular weight is 165 g/mol. The van der Waals surface area contributed by atoms with Crippen molar-refractivity contribution in [2.45, 2.75) is 6.42 Å². The van der Waals surface area contributed by atoms with Crippen molar-refractivity contribution >= 4 is 15.9 Å². The molecule has 0 aromatic carbocycles. The molecule has 1 rings (SSSR count). The number of alkyl halides is 1. The van der Waals surface area contributed by atoms with Gasteiger partial charge in [-0.05, 0) is 12.3 Å². The molecule has 0 spiro atoms. The molecule has 0 saturated carbocycles. The van der Waals surface area contributed by atoms with Crippen molar-refractivity contribution in [3.63, 3.8) is 0 Å². The lowest BCUT2D eigenvalue weighted by Gasteiger charge is -1.96. The van der Waals surface area contributed by atoms with E-state index >= 15 is 0 Å². The van der Waals surface area contributed by atoms with E-state index in [-0.39, 0.29) is 0 Å². The van der Waals surface area contributed by atoms with Crippen LogP contribution in [0.2, 0.25) is 0 Å². The van der Waals surface area contributed by atoms with Crippen molar-refractivity contribution in [1.82, 2.24) is 0 Å². The fraction of sp³-hybridized carbons (Fsp3) is 1.00. The van der Waals surface area contributed by atoms with E-state index in [9.17, 15) is 0 Å². The van der Waals surface area contributed by atoms with Gasteiger partial charge in [0.05, 0.1) is 6.61 Å². The van der Waals surface area contributed by atoms with Gasteiger partial charge in [0.2, 0.25) is 0 Å². The minimum atomic E-state index is 0.792. The van der Waals surface area contributed by atoms with Gasteiger partial charge in [-0.1, -0.05) is 15.9 Å². The molecule has 7 heavy (non-hydrogen) atoms. The Morgan fingerprint density at radius 3 is 2.86 bits per heavy atom. The second-order valence-corrected chi connectivity index (χ2v) is 2.53. The van der Waals surface area contributed by atoms with Crippen molar-refractivity contribution in [2.75, 3.05) is 18.5 Å². The molecule has 1 nitrogen and oxygen atoms in total. The molecule has 1 atom stereocenters. The smallest absolute Gasteiger partial charge is 0.0503 e. The molecule has 0 unspecified atom stereocenters. The molecule has 1 aliphatic rings. The standard InChI is InChI=1S/C5H9BrO/c6-3-5-1-2-7-4-5/h5H,1-4H2/t5-/m0/s1. The number of halogens is 1. The minimum Gasteiger partial charge on any atom is -0.381 e. The molecule has 1 saturated heterocycles. The van der Waals surface area contributed by atoms with Crippen LogP contribution in [0.1, 0.15) is 6.42 Å². The predicted octanol–water partition coefficient (Wildman–Crippen LogP) is 1.42. The summed E-state index contributed by atoms with van der Waals surface area (Å²) in [5, 5.41) is 1.10. The molecule has 0 bridgehead atoms. The summed E-state index contributed by atoms with van der Waals surface area (Å²) < 4.78 is 5.12. The molecule has 2 heteroatoms. The zero-order valence-electron chi connectivity index (χ0n) is 4.19. The average Bonchev–Trinajstić information content (AvgIpc) is 2.14. The van der Waals surface area contributed by atoms with Crippen LogP contribution in [-0.4, -0.2) is 18.5 Å². The van der Waals surface area contributed by atoms with Crippen molar-refractivity contribution in [3.8, 4) is 0 Å². The molecule has 0 N–H and O–H groups in total. The Kier molecular flexibility index (Phi) is 2.13. The fourth-order valence-corrected chi connectivity index (χ4v) is 1.22. The molecule has 1 fully saturated rings. The summed E-state index contributed by atoms with van der Waals surface area (Å²) in [4.78, 5) is 0. The first-order valence-electron chi connectivity index (χ1n) is 2.57. The van der Waals surface area contributed by atoms with E-state index in [1.807, 2.05) is 0 Å². The first kappa shape index (κ1) is 5.57. The van der Waals surface area contributed by atoms with Crippen molar-refractivity contribution in [1.29, 1.82) is 0 Å². The number of ether oxygens (including phenoxy) is 1. The second-order valence-electron chi connectivity index (χ2n) is 1.88. The van der Waals surface area contributed by atoms with Crippen LogP contribution in [0.4, 0.5) is 0 Å². The van der Waals surface area contributed by atoms with Gasteiger partial charge in [-0.15, -0.1) is 0 Å². The molecular weight excluding hydrogens is 156 g/mol. The molecule has 0 aromatic heterocycles.